The third-order valence-corrected chi connectivity index (χ3v) is 6.52. The number of nitrogen functional groups attached to an aromatic ring is 1. The van der Waals surface area contributed by atoms with Crippen molar-refractivity contribution in [1.82, 2.24) is 24.8 Å². The Kier molecular flexibility index (Phi) is 4.60. The number of fused-ring (bicyclic) bond motifs is 1. The number of thiazole rings is 1. The zero-order valence-electron chi connectivity index (χ0n) is 14.7. The minimum Gasteiger partial charge on any atom is -0.383 e. The second-order valence-electron chi connectivity index (χ2n) is 6.28. The van der Waals surface area contributed by atoms with Crippen molar-refractivity contribution in [2.24, 2.45) is 0 Å². The third kappa shape index (κ3) is 3.17. The van der Waals surface area contributed by atoms with Crippen LogP contribution in [0, 0.1) is 6.92 Å². The largest absolute Gasteiger partial charge is 0.383 e. The number of thiophene rings is 1. The summed E-state index contributed by atoms with van der Waals surface area (Å²) in [5, 5.41) is 3.44. The van der Waals surface area contributed by atoms with Gasteiger partial charge in [-0.25, -0.2) is 15.0 Å². The highest BCUT2D eigenvalue weighted by atomic mass is 32.1. The van der Waals surface area contributed by atoms with Crippen LogP contribution >= 0.6 is 22.7 Å². The van der Waals surface area contributed by atoms with Crippen LogP contribution in [0.25, 0.3) is 21.0 Å². The second-order valence-corrected chi connectivity index (χ2v) is 8.17. The number of hydrogen-bond donors (Lipinski definition) is 1. The maximum Gasteiger partial charge on any atom is 0.264 e. The highest BCUT2D eigenvalue weighted by molar-refractivity contribution is 7.20. The van der Waals surface area contributed by atoms with Crippen LogP contribution < -0.4 is 5.73 Å². The van der Waals surface area contributed by atoms with Gasteiger partial charge in [0.05, 0.1) is 10.3 Å². The zero-order chi connectivity index (χ0) is 18.3. The standard InChI is InChI=1S/C17H20N6OS2/c1-3-22-4-6-23(7-5-22)17(24)12-8-11-13(18)20-14(21-15(11)26-12)16-19-10(2)9-25-16/h8-9H,3-7H2,1-2H3,(H2,18,20,21). The molecular formula is C17H20N6OS2. The number of carbonyl (C=O) groups is 1. The molecule has 1 amide bonds. The number of carbonyl (C=O) groups excluding carboxylic acids is 1. The molecule has 1 aliphatic heterocycles. The van der Waals surface area contributed by atoms with Gasteiger partial charge in [-0.15, -0.1) is 22.7 Å². The van der Waals surface area contributed by atoms with Gasteiger partial charge in [-0.05, 0) is 19.5 Å². The normalized spacial score (nSPS) is 15.7. The van der Waals surface area contributed by atoms with E-state index >= 15 is 0 Å². The van der Waals surface area contributed by atoms with E-state index in [1.807, 2.05) is 23.3 Å². The monoisotopic (exact) mass is 388 g/mol. The number of likely N-dealkylation sites (N-methyl/N-ethyl adjacent to an activating group) is 1. The Balaban J connectivity index is 1.63. The molecule has 0 aliphatic carbocycles. The van der Waals surface area contributed by atoms with Gasteiger partial charge < -0.3 is 15.5 Å². The van der Waals surface area contributed by atoms with E-state index < -0.39 is 0 Å². The van der Waals surface area contributed by atoms with Crippen LogP contribution in [0.1, 0.15) is 22.3 Å². The number of nitrogens with two attached hydrogens (primary N) is 1. The lowest BCUT2D eigenvalue weighted by Gasteiger charge is -2.33. The molecule has 1 fully saturated rings. The molecule has 7 nitrogen and oxygen atoms in total. The molecule has 136 valence electrons. The maximum atomic E-state index is 12.9. The van der Waals surface area contributed by atoms with Crippen molar-refractivity contribution in [1.29, 1.82) is 0 Å². The van der Waals surface area contributed by atoms with Gasteiger partial charge in [-0.3, -0.25) is 4.79 Å². The smallest absolute Gasteiger partial charge is 0.264 e. The van der Waals surface area contributed by atoms with Gasteiger partial charge in [-0.2, -0.15) is 0 Å². The number of piperazine rings is 1. The Hall–Kier alpha value is -2.10. The van der Waals surface area contributed by atoms with E-state index in [0.717, 1.165) is 53.6 Å². The molecular weight excluding hydrogens is 368 g/mol. The van der Waals surface area contributed by atoms with E-state index in [9.17, 15) is 4.79 Å². The number of hydrogen-bond acceptors (Lipinski definition) is 8. The molecule has 0 radical (unpaired) electrons. The van der Waals surface area contributed by atoms with Crippen molar-refractivity contribution in [2.75, 3.05) is 38.5 Å². The summed E-state index contributed by atoms with van der Waals surface area (Å²) < 4.78 is 0. The SMILES string of the molecule is CCN1CCN(C(=O)c2cc3c(N)nc(-c4nc(C)cs4)nc3s2)CC1. The molecule has 3 aromatic heterocycles. The second kappa shape index (κ2) is 6.90. The molecule has 1 saturated heterocycles. The number of anilines is 1. The van der Waals surface area contributed by atoms with Crippen LogP contribution in [0.4, 0.5) is 5.82 Å². The van der Waals surface area contributed by atoms with Gasteiger partial charge in [-0.1, -0.05) is 6.92 Å². The molecule has 0 unspecified atom stereocenters. The number of aromatic nitrogens is 3. The molecule has 0 saturated carbocycles. The lowest BCUT2D eigenvalue weighted by atomic mass is 10.2. The van der Waals surface area contributed by atoms with Crippen LogP contribution in [-0.2, 0) is 0 Å². The van der Waals surface area contributed by atoms with E-state index in [0.29, 0.717) is 16.5 Å². The number of rotatable bonds is 3. The zero-order valence-corrected chi connectivity index (χ0v) is 16.4. The fourth-order valence-electron chi connectivity index (χ4n) is 3.02. The van der Waals surface area contributed by atoms with Gasteiger partial charge in [0.25, 0.3) is 5.91 Å². The highest BCUT2D eigenvalue weighted by Gasteiger charge is 2.24. The summed E-state index contributed by atoms with van der Waals surface area (Å²) in [5.74, 6) is 0.962. The first-order valence-electron chi connectivity index (χ1n) is 8.56. The molecule has 0 bridgehead atoms. The molecule has 0 spiro atoms. The maximum absolute atomic E-state index is 12.9. The molecule has 9 heteroatoms. The number of aryl methyl sites for hydroxylation is 1. The number of nitrogens with zero attached hydrogens (tertiary/aromatic N) is 5. The first kappa shape index (κ1) is 17.3. The Labute approximate surface area is 159 Å². The summed E-state index contributed by atoms with van der Waals surface area (Å²) in [6, 6.07) is 1.82. The summed E-state index contributed by atoms with van der Waals surface area (Å²) in [4.78, 5) is 31.9. The Morgan fingerprint density at radius 2 is 2.00 bits per heavy atom. The summed E-state index contributed by atoms with van der Waals surface area (Å²) in [6.45, 7) is 8.45. The minimum atomic E-state index is 0.0507. The first-order valence-corrected chi connectivity index (χ1v) is 10.3. The molecule has 3 aromatic rings. The number of amides is 1. The molecule has 26 heavy (non-hydrogen) atoms. The van der Waals surface area contributed by atoms with Crippen LogP contribution in [0.5, 0.6) is 0 Å². The Morgan fingerprint density at radius 3 is 2.65 bits per heavy atom. The molecule has 4 heterocycles. The van der Waals surface area contributed by atoms with E-state index in [2.05, 4.69) is 26.8 Å². The third-order valence-electron chi connectivity index (χ3n) is 4.55. The molecule has 2 N–H and O–H groups in total. The predicted octanol–water partition coefficient (Wildman–Crippen LogP) is 2.48. The van der Waals surface area contributed by atoms with E-state index in [1.165, 1.54) is 22.7 Å². The lowest BCUT2D eigenvalue weighted by Crippen LogP contribution is -2.48. The lowest BCUT2D eigenvalue weighted by molar-refractivity contribution is 0.0648. The van der Waals surface area contributed by atoms with Crippen molar-refractivity contribution < 1.29 is 4.79 Å². The van der Waals surface area contributed by atoms with Crippen LogP contribution in [-0.4, -0.2) is 63.4 Å². The van der Waals surface area contributed by atoms with E-state index in [1.54, 1.807) is 0 Å². The first-order chi connectivity index (χ1) is 12.5. The van der Waals surface area contributed by atoms with Crippen molar-refractivity contribution in [3.63, 3.8) is 0 Å². The summed E-state index contributed by atoms with van der Waals surface area (Å²) >= 11 is 2.87. The quantitative estimate of drug-likeness (QED) is 0.742. The van der Waals surface area contributed by atoms with Gasteiger partial charge in [0.1, 0.15) is 10.6 Å². The van der Waals surface area contributed by atoms with Crippen molar-refractivity contribution >= 4 is 44.6 Å². The fourth-order valence-corrected chi connectivity index (χ4v) is 4.76. The van der Waals surface area contributed by atoms with Gasteiger partial charge >= 0.3 is 0 Å². The van der Waals surface area contributed by atoms with E-state index in [-0.39, 0.29) is 5.91 Å². The van der Waals surface area contributed by atoms with Gasteiger partial charge in [0.15, 0.2) is 10.8 Å². The minimum absolute atomic E-state index is 0.0507. The highest BCUT2D eigenvalue weighted by Crippen LogP contribution is 2.31. The van der Waals surface area contributed by atoms with Crippen LogP contribution in [0.3, 0.4) is 0 Å². The van der Waals surface area contributed by atoms with Crippen molar-refractivity contribution in [3.8, 4) is 10.8 Å². The van der Waals surface area contributed by atoms with Crippen LogP contribution in [0.2, 0.25) is 0 Å². The molecule has 0 atom stereocenters. The average Bonchev–Trinajstić information content (AvgIpc) is 3.27. The van der Waals surface area contributed by atoms with Gasteiger partial charge in [0.2, 0.25) is 0 Å². The van der Waals surface area contributed by atoms with Gasteiger partial charge in [0, 0.05) is 37.3 Å². The van der Waals surface area contributed by atoms with Crippen molar-refractivity contribution in [3.05, 3.63) is 22.0 Å². The molecule has 4 rings (SSSR count). The topological polar surface area (TPSA) is 88.2 Å². The average molecular weight is 389 g/mol. The predicted molar refractivity (Wildman–Crippen MR) is 106 cm³/mol. The Bertz CT molecular complexity index is 957. The fraction of sp³-hybridized carbons (Fsp3) is 0.412. The van der Waals surface area contributed by atoms with Crippen LogP contribution in [0.15, 0.2) is 11.4 Å². The molecule has 1 aliphatic rings. The van der Waals surface area contributed by atoms with E-state index in [4.69, 9.17) is 5.73 Å². The summed E-state index contributed by atoms with van der Waals surface area (Å²) in [6.07, 6.45) is 0. The Morgan fingerprint density at radius 1 is 1.23 bits per heavy atom. The molecule has 0 aromatic carbocycles. The van der Waals surface area contributed by atoms with Crippen molar-refractivity contribution in [2.45, 2.75) is 13.8 Å². The summed E-state index contributed by atoms with van der Waals surface area (Å²) in [7, 11) is 0. The summed E-state index contributed by atoms with van der Waals surface area (Å²) in [5.41, 5.74) is 7.06.